The van der Waals surface area contributed by atoms with Crippen molar-refractivity contribution in [3.8, 4) is 0 Å². The van der Waals surface area contributed by atoms with Gasteiger partial charge in [-0.25, -0.2) is 0 Å². The van der Waals surface area contributed by atoms with Gasteiger partial charge in [0.15, 0.2) is 0 Å². The minimum Gasteiger partial charge on any atom is -0.545 e. The molecular weight excluding hydrogens is 222 g/mol. The van der Waals surface area contributed by atoms with Gasteiger partial charge in [0.2, 0.25) is 0 Å². The molecule has 17 heavy (non-hydrogen) atoms. The zero-order valence-electron chi connectivity index (χ0n) is 9.12. The van der Waals surface area contributed by atoms with Gasteiger partial charge in [0.05, 0.1) is 10.9 Å². The molecule has 0 saturated heterocycles. The number of benzene rings is 1. The van der Waals surface area contributed by atoms with E-state index in [0.29, 0.717) is 5.57 Å². The highest BCUT2D eigenvalue weighted by Gasteiger charge is 2.01. The number of hydrogen-bond acceptors (Lipinski definition) is 4. The van der Waals surface area contributed by atoms with Gasteiger partial charge >= 0.3 is 0 Å². The molecule has 0 spiro atoms. The van der Waals surface area contributed by atoms with E-state index in [0.717, 1.165) is 11.6 Å². The quantitative estimate of drug-likeness (QED) is 0.339. The molecule has 88 valence electrons. The fourth-order valence-electron chi connectivity index (χ4n) is 1.17. The van der Waals surface area contributed by atoms with E-state index in [1.165, 1.54) is 12.1 Å². The molecule has 0 N–H and O–H groups in total. The molecule has 0 heterocycles. The third-order valence-electron chi connectivity index (χ3n) is 1.99. The van der Waals surface area contributed by atoms with Crippen molar-refractivity contribution in [2.24, 2.45) is 0 Å². The van der Waals surface area contributed by atoms with Crippen LogP contribution in [0.5, 0.6) is 0 Å². The van der Waals surface area contributed by atoms with E-state index in [4.69, 9.17) is 0 Å². The van der Waals surface area contributed by atoms with Crippen LogP contribution < -0.4 is 5.11 Å². The van der Waals surface area contributed by atoms with E-state index >= 15 is 0 Å². The zero-order chi connectivity index (χ0) is 12.8. The Kier molecular flexibility index (Phi) is 4.16. The molecular formula is C12H10NO4-. The molecule has 5 heteroatoms. The van der Waals surface area contributed by atoms with Crippen molar-refractivity contribution in [3.05, 3.63) is 57.7 Å². The SMILES string of the molecule is CC(=C/C(=O)[O-])/C=C/c1ccc([N+](=O)[O-])cc1. The molecule has 0 fully saturated rings. The summed E-state index contributed by atoms with van der Waals surface area (Å²) in [7, 11) is 0. The molecule has 0 unspecified atom stereocenters. The van der Waals surface area contributed by atoms with Crippen molar-refractivity contribution in [1.29, 1.82) is 0 Å². The summed E-state index contributed by atoms with van der Waals surface area (Å²) in [4.78, 5) is 20.2. The molecule has 1 rings (SSSR count). The van der Waals surface area contributed by atoms with Gasteiger partial charge in [0.25, 0.3) is 5.69 Å². The van der Waals surface area contributed by atoms with Gasteiger partial charge in [0, 0.05) is 12.1 Å². The van der Waals surface area contributed by atoms with Crippen LogP contribution in [0.3, 0.4) is 0 Å². The molecule has 0 amide bonds. The lowest BCUT2D eigenvalue weighted by molar-refractivity contribution is -0.384. The number of nitro benzene ring substituents is 1. The smallest absolute Gasteiger partial charge is 0.269 e. The molecule has 0 radical (unpaired) electrons. The van der Waals surface area contributed by atoms with Crippen LogP contribution >= 0.6 is 0 Å². The standard InChI is InChI=1S/C12H11NO4/c1-9(8-12(14)15)2-3-10-4-6-11(7-5-10)13(16)17/h2-8H,1H3,(H,14,15)/p-1/b3-2+,9-8-. The minimum absolute atomic E-state index is 0.0177. The Morgan fingerprint density at radius 1 is 1.29 bits per heavy atom. The van der Waals surface area contributed by atoms with Gasteiger partial charge < -0.3 is 9.90 Å². The summed E-state index contributed by atoms with van der Waals surface area (Å²) in [5.41, 5.74) is 1.30. The summed E-state index contributed by atoms with van der Waals surface area (Å²) in [5, 5.41) is 20.7. The monoisotopic (exact) mass is 232 g/mol. The van der Waals surface area contributed by atoms with Crippen molar-refractivity contribution in [2.45, 2.75) is 6.92 Å². The summed E-state index contributed by atoms with van der Waals surface area (Å²) in [5.74, 6) is -1.25. The normalized spacial score (nSPS) is 11.7. The first-order chi connectivity index (χ1) is 7.99. The lowest BCUT2D eigenvalue weighted by atomic mass is 10.1. The van der Waals surface area contributed by atoms with E-state index in [-0.39, 0.29) is 5.69 Å². The number of aliphatic carboxylic acids is 1. The van der Waals surface area contributed by atoms with Crippen molar-refractivity contribution >= 4 is 17.7 Å². The number of rotatable bonds is 4. The van der Waals surface area contributed by atoms with Gasteiger partial charge in [-0.05, 0) is 36.3 Å². The maximum absolute atomic E-state index is 10.4. The topological polar surface area (TPSA) is 83.3 Å². The van der Waals surface area contributed by atoms with Crippen LogP contribution in [0.1, 0.15) is 12.5 Å². The Labute approximate surface area is 97.9 Å². The van der Waals surface area contributed by atoms with Crippen molar-refractivity contribution in [1.82, 2.24) is 0 Å². The van der Waals surface area contributed by atoms with Crippen LogP contribution in [0.2, 0.25) is 0 Å². The number of hydrogen-bond donors (Lipinski definition) is 0. The molecule has 0 saturated carbocycles. The van der Waals surface area contributed by atoms with E-state index < -0.39 is 10.9 Å². The van der Waals surface area contributed by atoms with Crippen LogP contribution in [0, 0.1) is 10.1 Å². The highest BCUT2D eigenvalue weighted by Crippen LogP contribution is 2.13. The second-order valence-corrected chi connectivity index (χ2v) is 3.39. The van der Waals surface area contributed by atoms with Crippen molar-refractivity contribution < 1.29 is 14.8 Å². The molecule has 0 aromatic heterocycles. The molecule has 1 aromatic carbocycles. The predicted molar refractivity (Wildman–Crippen MR) is 60.9 cm³/mol. The number of carbonyl (C=O) groups excluding carboxylic acids is 1. The molecule has 1 aromatic rings. The molecule has 5 nitrogen and oxygen atoms in total. The Morgan fingerprint density at radius 2 is 1.88 bits per heavy atom. The Balaban J connectivity index is 2.79. The molecule has 0 aliphatic heterocycles. The average molecular weight is 232 g/mol. The second kappa shape index (κ2) is 5.60. The molecule has 0 aliphatic rings. The van der Waals surface area contributed by atoms with Crippen molar-refractivity contribution in [3.63, 3.8) is 0 Å². The van der Waals surface area contributed by atoms with E-state index in [2.05, 4.69) is 0 Å². The first kappa shape index (κ1) is 12.6. The zero-order valence-corrected chi connectivity index (χ0v) is 9.12. The third-order valence-corrected chi connectivity index (χ3v) is 1.99. The lowest BCUT2D eigenvalue weighted by Gasteiger charge is -1.96. The number of carbonyl (C=O) groups is 1. The molecule has 0 aliphatic carbocycles. The number of allylic oxidation sites excluding steroid dienone is 2. The minimum atomic E-state index is -1.25. The Hall–Kier alpha value is -2.43. The van der Waals surface area contributed by atoms with Crippen LogP contribution in [0.25, 0.3) is 6.08 Å². The summed E-state index contributed by atoms with van der Waals surface area (Å²) < 4.78 is 0. The van der Waals surface area contributed by atoms with Crippen LogP contribution in [-0.4, -0.2) is 10.9 Å². The van der Waals surface area contributed by atoms with Gasteiger partial charge in [-0.1, -0.05) is 12.2 Å². The summed E-state index contributed by atoms with van der Waals surface area (Å²) >= 11 is 0. The largest absolute Gasteiger partial charge is 0.545 e. The van der Waals surface area contributed by atoms with E-state index in [9.17, 15) is 20.0 Å². The Morgan fingerprint density at radius 3 is 2.35 bits per heavy atom. The van der Waals surface area contributed by atoms with Crippen LogP contribution in [0.15, 0.2) is 42.0 Å². The van der Waals surface area contributed by atoms with Crippen molar-refractivity contribution in [2.75, 3.05) is 0 Å². The predicted octanol–water partition coefficient (Wildman–Crippen LogP) is 1.30. The highest BCUT2D eigenvalue weighted by atomic mass is 16.6. The average Bonchev–Trinajstić information content (AvgIpc) is 2.26. The summed E-state index contributed by atoms with van der Waals surface area (Å²) in [6.45, 7) is 1.62. The third kappa shape index (κ3) is 4.29. The maximum atomic E-state index is 10.4. The van der Waals surface area contributed by atoms with Gasteiger partial charge in [0.1, 0.15) is 0 Å². The number of nitro groups is 1. The first-order valence-corrected chi connectivity index (χ1v) is 4.81. The lowest BCUT2D eigenvalue weighted by Crippen LogP contribution is -2.19. The maximum Gasteiger partial charge on any atom is 0.269 e. The van der Waals surface area contributed by atoms with Crippen LogP contribution in [0.4, 0.5) is 5.69 Å². The van der Waals surface area contributed by atoms with Gasteiger partial charge in [-0.3, -0.25) is 10.1 Å². The number of nitrogens with zero attached hydrogens (tertiary/aromatic N) is 1. The fourth-order valence-corrected chi connectivity index (χ4v) is 1.17. The second-order valence-electron chi connectivity index (χ2n) is 3.39. The van der Waals surface area contributed by atoms with Gasteiger partial charge in [-0.15, -0.1) is 0 Å². The first-order valence-electron chi connectivity index (χ1n) is 4.81. The van der Waals surface area contributed by atoms with Crippen LogP contribution in [-0.2, 0) is 4.79 Å². The molecule has 0 atom stereocenters. The van der Waals surface area contributed by atoms with E-state index in [1.54, 1.807) is 31.2 Å². The Bertz CT molecular complexity index is 486. The number of carboxylic acids is 1. The summed E-state index contributed by atoms with van der Waals surface area (Å²) in [6.07, 6.45) is 4.23. The number of non-ortho nitro benzene ring substituents is 1. The van der Waals surface area contributed by atoms with E-state index in [1.807, 2.05) is 0 Å². The fraction of sp³-hybridized carbons (Fsp3) is 0.0833. The molecule has 0 bridgehead atoms. The highest BCUT2D eigenvalue weighted by molar-refractivity contribution is 5.79. The van der Waals surface area contributed by atoms with Gasteiger partial charge in [-0.2, -0.15) is 0 Å². The number of carboxylic acid groups (broad SMARTS) is 1. The summed E-state index contributed by atoms with van der Waals surface area (Å²) in [6, 6.07) is 5.94.